The van der Waals surface area contributed by atoms with Crippen molar-refractivity contribution in [3.63, 3.8) is 0 Å². The molecule has 2 unspecified atom stereocenters. The number of aromatic nitrogens is 1. The number of hydrogen-bond acceptors (Lipinski definition) is 3. The third-order valence-electron chi connectivity index (χ3n) is 2.99. The zero-order valence-corrected chi connectivity index (χ0v) is 8.53. The highest BCUT2D eigenvalue weighted by Crippen LogP contribution is 2.40. The number of rotatable bonds is 4. The van der Waals surface area contributed by atoms with Crippen LogP contribution in [0, 0.1) is 11.8 Å². The lowest BCUT2D eigenvalue weighted by Gasteiger charge is -2.07. The number of nitrogen functional groups attached to an aromatic ring is 1. The van der Waals surface area contributed by atoms with Crippen molar-refractivity contribution in [2.75, 3.05) is 17.6 Å². The second-order valence-corrected chi connectivity index (χ2v) is 3.98. The number of nitrogens with two attached hydrogens (primary N) is 1. The van der Waals surface area contributed by atoms with E-state index in [4.69, 9.17) is 5.73 Å². The van der Waals surface area contributed by atoms with Crippen molar-refractivity contribution in [2.45, 2.75) is 19.8 Å². The van der Waals surface area contributed by atoms with Gasteiger partial charge in [0.1, 0.15) is 5.82 Å². The molecule has 0 aliphatic heterocycles. The minimum atomic E-state index is 0.598. The van der Waals surface area contributed by atoms with Crippen molar-refractivity contribution < 1.29 is 0 Å². The van der Waals surface area contributed by atoms with Gasteiger partial charge in [-0.05, 0) is 30.4 Å². The summed E-state index contributed by atoms with van der Waals surface area (Å²) in [5.74, 6) is 2.38. The van der Waals surface area contributed by atoms with Crippen LogP contribution >= 0.6 is 0 Å². The lowest BCUT2D eigenvalue weighted by Crippen LogP contribution is -2.07. The number of hydrogen-bond donors (Lipinski definition) is 2. The van der Waals surface area contributed by atoms with Crippen LogP contribution in [0.1, 0.15) is 19.8 Å². The fourth-order valence-electron chi connectivity index (χ4n) is 1.87. The number of pyridine rings is 1. The molecule has 0 radical (unpaired) electrons. The highest BCUT2D eigenvalue weighted by Gasteiger charge is 2.34. The van der Waals surface area contributed by atoms with E-state index in [1.54, 1.807) is 6.20 Å². The first-order chi connectivity index (χ1) is 6.81. The lowest BCUT2D eigenvalue weighted by atomic mass is 10.2. The van der Waals surface area contributed by atoms with Gasteiger partial charge in [0.25, 0.3) is 0 Å². The van der Waals surface area contributed by atoms with Gasteiger partial charge in [0.05, 0.1) is 5.69 Å². The maximum absolute atomic E-state index is 5.72. The van der Waals surface area contributed by atoms with Gasteiger partial charge < -0.3 is 11.1 Å². The summed E-state index contributed by atoms with van der Waals surface area (Å²) in [6.07, 6.45) is 4.38. The molecule has 1 saturated carbocycles. The zero-order chi connectivity index (χ0) is 9.97. The Bertz CT molecular complexity index is 311. The van der Waals surface area contributed by atoms with Gasteiger partial charge in [0.2, 0.25) is 0 Å². The van der Waals surface area contributed by atoms with Crippen LogP contribution in [-0.2, 0) is 0 Å². The predicted octanol–water partition coefficient (Wildman–Crippen LogP) is 2.12. The molecule has 0 bridgehead atoms. The number of nitrogens with one attached hydrogen (secondary N) is 1. The van der Waals surface area contributed by atoms with Crippen molar-refractivity contribution >= 4 is 11.5 Å². The highest BCUT2D eigenvalue weighted by molar-refractivity contribution is 5.60. The Labute approximate surface area is 84.7 Å². The first kappa shape index (κ1) is 9.31. The standard InChI is InChI=1S/C11H17N3/c1-2-8-6-9(8)7-14-10-4-3-5-13-11(10)12/h3-5,8-9,14H,2,6-7H2,1H3,(H2,12,13). The average Bonchev–Trinajstić information content (AvgIpc) is 2.95. The summed E-state index contributed by atoms with van der Waals surface area (Å²) in [5.41, 5.74) is 6.69. The van der Waals surface area contributed by atoms with Crippen molar-refractivity contribution in [2.24, 2.45) is 11.8 Å². The molecule has 14 heavy (non-hydrogen) atoms. The largest absolute Gasteiger partial charge is 0.382 e. The Hall–Kier alpha value is -1.25. The Morgan fingerprint density at radius 2 is 2.43 bits per heavy atom. The van der Waals surface area contributed by atoms with E-state index in [2.05, 4.69) is 17.2 Å². The van der Waals surface area contributed by atoms with Crippen molar-refractivity contribution in [3.05, 3.63) is 18.3 Å². The van der Waals surface area contributed by atoms with Crippen LogP contribution in [0.2, 0.25) is 0 Å². The summed E-state index contributed by atoms with van der Waals surface area (Å²) in [4.78, 5) is 4.03. The maximum Gasteiger partial charge on any atom is 0.146 e. The van der Waals surface area contributed by atoms with E-state index in [0.717, 1.165) is 24.1 Å². The van der Waals surface area contributed by atoms with E-state index >= 15 is 0 Å². The molecule has 1 aliphatic rings. The molecule has 0 aromatic carbocycles. The third kappa shape index (κ3) is 1.97. The molecule has 3 N–H and O–H groups in total. The van der Waals surface area contributed by atoms with Gasteiger partial charge in [-0.3, -0.25) is 0 Å². The van der Waals surface area contributed by atoms with E-state index in [1.165, 1.54) is 12.8 Å². The maximum atomic E-state index is 5.72. The molecule has 2 rings (SSSR count). The number of anilines is 2. The summed E-state index contributed by atoms with van der Waals surface area (Å²) in [5, 5.41) is 3.35. The first-order valence-electron chi connectivity index (χ1n) is 5.25. The molecule has 0 spiro atoms. The summed E-state index contributed by atoms with van der Waals surface area (Å²) in [6.45, 7) is 3.29. The van der Waals surface area contributed by atoms with Crippen LogP contribution in [0.15, 0.2) is 18.3 Å². The van der Waals surface area contributed by atoms with Gasteiger partial charge in [-0.15, -0.1) is 0 Å². The Morgan fingerprint density at radius 1 is 1.57 bits per heavy atom. The second-order valence-electron chi connectivity index (χ2n) is 3.98. The van der Waals surface area contributed by atoms with Crippen molar-refractivity contribution in [3.8, 4) is 0 Å². The fourth-order valence-corrected chi connectivity index (χ4v) is 1.87. The van der Waals surface area contributed by atoms with E-state index in [9.17, 15) is 0 Å². The van der Waals surface area contributed by atoms with Gasteiger partial charge in [-0.1, -0.05) is 13.3 Å². The topological polar surface area (TPSA) is 50.9 Å². The molecule has 1 aromatic heterocycles. The van der Waals surface area contributed by atoms with Gasteiger partial charge in [0.15, 0.2) is 0 Å². The molecule has 1 aliphatic carbocycles. The zero-order valence-electron chi connectivity index (χ0n) is 8.53. The summed E-state index contributed by atoms with van der Waals surface area (Å²) in [6, 6.07) is 3.88. The first-order valence-corrected chi connectivity index (χ1v) is 5.25. The van der Waals surface area contributed by atoms with Crippen molar-refractivity contribution in [1.29, 1.82) is 0 Å². The smallest absolute Gasteiger partial charge is 0.146 e. The Morgan fingerprint density at radius 3 is 3.07 bits per heavy atom. The third-order valence-corrected chi connectivity index (χ3v) is 2.99. The van der Waals surface area contributed by atoms with Crippen LogP contribution in [0.4, 0.5) is 11.5 Å². The predicted molar refractivity (Wildman–Crippen MR) is 59.0 cm³/mol. The second kappa shape index (κ2) is 3.86. The van der Waals surface area contributed by atoms with Crippen LogP contribution < -0.4 is 11.1 Å². The molecule has 76 valence electrons. The molecular formula is C11H17N3. The molecule has 1 fully saturated rings. The van der Waals surface area contributed by atoms with Crippen LogP contribution in [-0.4, -0.2) is 11.5 Å². The molecule has 0 saturated heterocycles. The highest BCUT2D eigenvalue weighted by atomic mass is 15.0. The fraction of sp³-hybridized carbons (Fsp3) is 0.545. The minimum absolute atomic E-state index is 0.598. The molecular weight excluding hydrogens is 174 g/mol. The van der Waals surface area contributed by atoms with Crippen LogP contribution in [0.3, 0.4) is 0 Å². The summed E-state index contributed by atoms with van der Waals surface area (Å²) in [7, 11) is 0. The van der Waals surface area contributed by atoms with Crippen LogP contribution in [0.25, 0.3) is 0 Å². The molecule has 3 nitrogen and oxygen atoms in total. The van der Waals surface area contributed by atoms with E-state index in [-0.39, 0.29) is 0 Å². The SMILES string of the molecule is CCC1CC1CNc1cccnc1N. The van der Waals surface area contributed by atoms with E-state index < -0.39 is 0 Å². The molecule has 1 heterocycles. The summed E-state index contributed by atoms with van der Waals surface area (Å²) < 4.78 is 0. The minimum Gasteiger partial charge on any atom is -0.382 e. The summed E-state index contributed by atoms with van der Waals surface area (Å²) >= 11 is 0. The van der Waals surface area contributed by atoms with Gasteiger partial charge >= 0.3 is 0 Å². The van der Waals surface area contributed by atoms with Gasteiger partial charge in [-0.2, -0.15) is 0 Å². The molecule has 0 amide bonds. The average molecular weight is 191 g/mol. The van der Waals surface area contributed by atoms with Crippen LogP contribution in [0.5, 0.6) is 0 Å². The Kier molecular flexibility index (Phi) is 2.57. The quantitative estimate of drug-likeness (QED) is 0.766. The lowest BCUT2D eigenvalue weighted by molar-refractivity contribution is 0.701. The van der Waals surface area contributed by atoms with E-state index in [1.807, 2.05) is 12.1 Å². The van der Waals surface area contributed by atoms with E-state index in [0.29, 0.717) is 5.82 Å². The molecule has 1 aromatic rings. The molecule has 3 heteroatoms. The van der Waals surface area contributed by atoms with Gasteiger partial charge in [0, 0.05) is 12.7 Å². The molecule has 2 atom stereocenters. The van der Waals surface area contributed by atoms with Crippen molar-refractivity contribution in [1.82, 2.24) is 4.98 Å². The Balaban J connectivity index is 1.84. The normalized spacial score (nSPS) is 24.6. The monoisotopic (exact) mass is 191 g/mol. The number of nitrogens with zero attached hydrogens (tertiary/aromatic N) is 1. The van der Waals surface area contributed by atoms with Gasteiger partial charge in [-0.25, -0.2) is 4.98 Å².